The van der Waals surface area contributed by atoms with Crippen LogP contribution in [0, 0.1) is 12.8 Å². The number of fused-ring (bicyclic) bond motifs is 1. The van der Waals surface area contributed by atoms with Crippen molar-refractivity contribution in [1.29, 1.82) is 0 Å². The number of hydrogen-bond donors (Lipinski definition) is 1. The van der Waals surface area contributed by atoms with Crippen molar-refractivity contribution in [1.82, 2.24) is 20.3 Å². The van der Waals surface area contributed by atoms with E-state index in [4.69, 9.17) is 4.98 Å². The molecule has 134 valence electrons. The highest BCUT2D eigenvalue weighted by Crippen LogP contribution is 2.28. The Morgan fingerprint density at radius 1 is 1.35 bits per heavy atom. The second kappa shape index (κ2) is 7.37. The second-order valence-corrected chi connectivity index (χ2v) is 7.37. The Balaban J connectivity index is 1.48. The van der Waals surface area contributed by atoms with E-state index >= 15 is 0 Å². The fourth-order valence-electron chi connectivity index (χ4n) is 3.49. The summed E-state index contributed by atoms with van der Waals surface area (Å²) in [6.45, 7) is 4.47. The van der Waals surface area contributed by atoms with Gasteiger partial charge in [0.15, 0.2) is 0 Å². The number of nitrogens with one attached hydrogen (secondary N) is 1. The molecule has 0 saturated carbocycles. The van der Waals surface area contributed by atoms with Crippen molar-refractivity contribution in [3.8, 4) is 0 Å². The summed E-state index contributed by atoms with van der Waals surface area (Å²) in [5.41, 5.74) is 3.16. The van der Waals surface area contributed by atoms with Gasteiger partial charge in [-0.05, 0) is 37.8 Å². The molecule has 1 fully saturated rings. The van der Waals surface area contributed by atoms with Gasteiger partial charge < -0.3 is 10.2 Å². The highest BCUT2D eigenvalue weighted by Gasteiger charge is 2.23. The number of aromatic nitrogens is 3. The lowest BCUT2D eigenvalue weighted by Crippen LogP contribution is -2.41. The van der Waals surface area contributed by atoms with E-state index < -0.39 is 0 Å². The van der Waals surface area contributed by atoms with E-state index in [2.05, 4.69) is 26.3 Å². The van der Waals surface area contributed by atoms with Gasteiger partial charge in [-0.3, -0.25) is 4.79 Å². The van der Waals surface area contributed by atoms with Crippen molar-refractivity contribution < 1.29 is 4.79 Å². The minimum atomic E-state index is -0.0910. The number of para-hydroxylation sites is 1. The maximum atomic E-state index is 12.1. The first kappa shape index (κ1) is 16.9. The van der Waals surface area contributed by atoms with Gasteiger partial charge in [0.05, 0.1) is 11.0 Å². The minimum absolute atomic E-state index is 0.0910. The topological polar surface area (TPSA) is 71.0 Å². The van der Waals surface area contributed by atoms with Crippen molar-refractivity contribution in [2.45, 2.75) is 19.8 Å². The fraction of sp³-hybridized carbons (Fsp3) is 0.368. The Labute approximate surface area is 156 Å². The highest BCUT2D eigenvalue weighted by atomic mass is 32.1. The summed E-state index contributed by atoms with van der Waals surface area (Å²) in [5.74, 6) is 2.10. The van der Waals surface area contributed by atoms with Gasteiger partial charge in [-0.25, -0.2) is 15.0 Å². The molecule has 1 unspecified atom stereocenters. The number of hydrogen-bond acceptors (Lipinski definition) is 6. The average Bonchev–Trinajstić information content (AvgIpc) is 3.20. The number of carbonyl (C=O) groups excluding carboxylic acids is 1. The molecule has 26 heavy (non-hydrogen) atoms. The number of carbonyl (C=O) groups is 1. The van der Waals surface area contributed by atoms with E-state index in [1.807, 2.05) is 25.1 Å². The number of rotatable bonds is 4. The number of piperidine rings is 1. The molecule has 1 amide bonds. The third-order valence-electron chi connectivity index (χ3n) is 4.73. The Morgan fingerprint density at radius 3 is 3.08 bits per heavy atom. The summed E-state index contributed by atoms with van der Waals surface area (Å²) in [5, 5.41) is 5.89. The van der Waals surface area contributed by atoms with Crippen molar-refractivity contribution in [2.75, 3.05) is 24.5 Å². The first-order valence-corrected chi connectivity index (χ1v) is 9.79. The van der Waals surface area contributed by atoms with Crippen LogP contribution in [0.5, 0.6) is 0 Å². The fourth-order valence-corrected chi connectivity index (χ4v) is 4.02. The van der Waals surface area contributed by atoms with Crippen LogP contribution in [0.2, 0.25) is 0 Å². The molecule has 1 saturated heterocycles. The number of amides is 1. The normalized spacial score (nSPS) is 17.4. The summed E-state index contributed by atoms with van der Waals surface area (Å²) in [4.78, 5) is 27.8. The van der Waals surface area contributed by atoms with Gasteiger partial charge in [0.1, 0.15) is 17.3 Å². The Kier molecular flexibility index (Phi) is 4.79. The number of aryl methyl sites for hydroxylation is 1. The lowest BCUT2D eigenvalue weighted by Gasteiger charge is -2.34. The molecule has 3 aromatic rings. The lowest BCUT2D eigenvalue weighted by molar-refractivity contribution is 0.0941. The summed E-state index contributed by atoms with van der Waals surface area (Å²) >= 11 is 1.44. The van der Waals surface area contributed by atoms with Crippen LogP contribution in [0.4, 0.5) is 5.82 Å². The van der Waals surface area contributed by atoms with Gasteiger partial charge in [-0.15, -0.1) is 11.3 Å². The maximum Gasteiger partial charge on any atom is 0.270 e. The quantitative estimate of drug-likeness (QED) is 0.767. The van der Waals surface area contributed by atoms with Gasteiger partial charge in [0.25, 0.3) is 5.91 Å². The van der Waals surface area contributed by atoms with Gasteiger partial charge in [-0.2, -0.15) is 0 Å². The zero-order valence-corrected chi connectivity index (χ0v) is 15.5. The molecule has 0 spiro atoms. The number of anilines is 1. The molecule has 1 N–H and O–H groups in total. The minimum Gasteiger partial charge on any atom is -0.356 e. The first-order chi connectivity index (χ1) is 12.7. The summed E-state index contributed by atoms with van der Waals surface area (Å²) in [6.07, 6.45) is 2.20. The molecular formula is C19H21N5OS. The summed E-state index contributed by atoms with van der Waals surface area (Å²) in [7, 11) is 0. The highest BCUT2D eigenvalue weighted by molar-refractivity contribution is 7.07. The van der Waals surface area contributed by atoms with E-state index in [0.29, 0.717) is 18.2 Å². The molecule has 1 aliphatic rings. The third kappa shape index (κ3) is 3.53. The standard InChI is InChI=1S/C19H21N5OS/c1-13-22-16-7-3-2-6-15(16)18(23-13)24-8-4-5-14(10-24)9-20-19(25)17-11-26-12-21-17/h2-3,6-7,11-12,14H,4-5,8-10H2,1H3,(H,20,25). The van der Waals surface area contributed by atoms with Crippen molar-refractivity contribution in [3.05, 3.63) is 46.7 Å². The number of benzene rings is 1. The predicted octanol–water partition coefficient (Wildman–Crippen LogP) is 3.04. The molecule has 7 heteroatoms. The molecule has 1 aliphatic heterocycles. The van der Waals surface area contributed by atoms with Gasteiger partial charge in [0, 0.05) is 30.4 Å². The number of thiazole rings is 1. The van der Waals surface area contributed by atoms with E-state index in [1.54, 1.807) is 10.9 Å². The largest absolute Gasteiger partial charge is 0.356 e. The predicted molar refractivity (Wildman–Crippen MR) is 104 cm³/mol. The molecule has 1 atom stereocenters. The zero-order chi connectivity index (χ0) is 17.9. The van der Waals surface area contributed by atoms with Crippen LogP contribution < -0.4 is 10.2 Å². The Morgan fingerprint density at radius 2 is 2.23 bits per heavy atom. The van der Waals surface area contributed by atoms with Gasteiger partial charge in [-0.1, -0.05) is 12.1 Å². The third-order valence-corrected chi connectivity index (χ3v) is 5.32. The average molecular weight is 367 g/mol. The van der Waals surface area contributed by atoms with Gasteiger partial charge in [0.2, 0.25) is 0 Å². The van der Waals surface area contributed by atoms with Gasteiger partial charge >= 0.3 is 0 Å². The Hall–Kier alpha value is -2.54. The smallest absolute Gasteiger partial charge is 0.270 e. The number of nitrogens with zero attached hydrogens (tertiary/aromatic N) is 4. The van der Waals surface area contributed by atoms with Crippen LogP contribution in [0.25, 0.3) is 10.9 Å². The van der Waals surface area contributed by atoms with Crippen molar-refractivity contribution >= 4 is 34.0 Å². The molecule has 4 rings (SSSR count). The van der Waals surface area contributed by atoms with E-state index in [-0.39, 0.29) is 5.91 Å². The zero-order valence-electron chi connectivity index (χ0n) is 14.7. The first-order valence-electron chi connectivity index (χ1n) is 8.85. The van der Waals surface area contributed by atoms with E-state index in [9.17, 15) is 4.79 Å². The van der Waals surface area contributed by atoms with Crippen LogP contribution in [-0.2, 0) is 0 Å². The van der Waals surface area contributed by atoms with E-state index in [0.717, 1.165) is 48.5 Å². The SMILES string of the molecule is Cc1nc(N2CCCC(CNC(=O)c3cscn3)C2)c2ccccc2n1. The second-order valence-electron chi connectivity index (χ2n) is 6.65. The monoisotopic (exact) mass is 367 g/mol. The lowest BCUT2D eigenvalue weighted by atomic mass is 9.97. The molecule has 2 aromatic heterocycles. The molecular weight excluding hydrogens is 346 g/mol. The molecule has 6 nitrogen and oxygen atoms in total. The van der Waals surface area contributed by atoms with Crippen LogP contribution in [0.1, 0.15) is 29.2 Å². The van der Waals surface area contributed by atoms with Crippen LogP contribution in [0.15, 0.2) is 35.2 Å². The van der Waals surface area contributed by atoms with E-state index in [1.165, 1.54) is 11.3 Å². The molecule has 0 radical (unpaired) electrons. The van der Waals surface area contributed by atoms with Crippen molar-refractivity contribution in [3.63, 3.8) is 0 Å². The van der Waals surface area contributed by atoms with Crippen LogP contribution in [0.3, 0.4) is 0 Å². The molecule has 0 bridgehead atoms. The van der Waals surface area contributed by atoms with Crippen LogP contribution in [-0.4, -0.2) is 40.5 Å². The van der Waals surface area contributed by atoms with Crippen molar-refractivity contribution in [2.24, 2.45) is 5.92 Å². The molecule has 0 aliphatic carbocycles. The molecule has 3 heterocycles. The summed E-state index contributed by atoms with van der Waals surface area (Å²) in [6, 6.07) is 8.15. The summed E-state index contributed by atoms with van der Waals surface area (Å²) < 4.78 is 0. The Bertz CT molecular complexity index is 911. The molecule has 1 aromatic carbocycles. The maximum absolute atomic E-state index is 12.1. The van der Waals surface area contributed by atoms with Crippen LogP contribution >= 0.6 is 11.3 Å².